The normalized spacial score (nSPS) is 10.1. The SMILES string of the molecule is Cc1c(C(=O)C=O)c(C)c([N+](=O)[O-])c(C)c1[N+](=O)[O-]. The molecule has 8 nitrogen and oxygen atoms in total. The Morgan fingerprint density at radius 2 is 1.32 bits per heavy atom. The minimum absolute atomic E-state index is 0.0158. The number of ketones is 1. The van der Waals surface area contributed by atoms with Gasteiger partial charge in [-0.2, -0.15) is 0 Å². The Balaban J connectivity index is 3.95. The average molecular weight is 266 g/mol. The summed E-state index contributed by atoms with van der Waals surface area (Å²) in [5.41, 5.74) is -1.51. The summed E-state index contributed by atoms with van der Waals surface area (Å²) >= 11 is 0. The van der Waals surface area contributed by atoms with Gasteiger partial charge in [0.15, 0.2) is 6.29 Å². The lowest BCUT2D eigenvalue weighted by Crippen LogP contribution is -2.12. The van der Waals surface area contributed by atoms with Crippen LogP contribution in [-0.2, 0) is 4.79 Å². The Labute approximate surface area is 107 Å². The van der Waals surface area contributed by atoms with E-state index >= 15 is 0 Å². The predicted octanol–water partition coefficient (Wildman–Crippen LogP) is 1.81. The van der Waals surface area contributed by atoms with Crippen molar-refractivity contribution in [2.75, 3.05) is 0 Å². The molecule has 100 valence electrons. The fraction of sp³-hybridized carbons (Fsp3) is 0.273. The lowest BCUT2D eigenvalue weighted by atomic mass is 9.93. The van der Waals surface area contributed by atoms with Crippen LogP contribution in [0.15, 0.2) is 0 Å². The molecule has 0 bridgehead atoms. The number of carbonyl (C=O) groups excluding carboxylic acids is 2. The van der Waals surface area contributed by atoms with E-state index in [2.05, 4.69) is 0 Å². The Kier molecular flexibility index (Phi) is 3.74. The van der Waals surface area contributed by atoms with Crippen molar-refractivity contribution in [1.82, 2.24) is 0 Å². The zero-order chi connectivity index (χ0) is 14.9. The number of nitro benzene ring substituents is 2. The topological polar surface area (TPSA) is 120 Å². The molecule has 0 radical (unpaired) electrons. The number of rotatable bonds is 4. The average Bonchev–Trinajstić information content (AvgIpc) is 2.26. The fourth-order valence-electron chi connectivity index (χ4n) is 2.17. The van der Waals surface area contributed by atoms with E-state index in [0.29, 0.717) is 0 Å². The number of benzene rings is 1. The van der Waals surface area contributed by atoms with Crippen LogP contribution < -0.4 is 0 Å². The second-order valence-electron chi connectivity index (χ2n) is 3.94. The molecule has 0 heterocycles. The molecule has 0 unspecified atom stereocenters. The summed E-state index contributed by atoms with van der Waals surface area (Å²) in [6.45, 7) is 3.82. The van der Waals surface area contributed by atoms with Crippen LogP contribution >= 0.6 is 0 Å². The standard InChI is InChI=1S/C11H10N2O6/c1-5-9(8(15)4-14)6(2)11(13(18)19)7(3)10(5)12(16)17/h4H,1-3H3. The van der Waals surface area contributed by atoms with Crippen LogP contribution in [0.1, 0.15) is 27.0 Å². The molecule has 1 aromatic rings. The minimum atomic E-state index is -1.01. The first kappa shape index (κ1) is 14.4. The summed E-state index contributed by atoms with van der Waals surface area (Å²) < 4.78 is 0. The van der Waals surface area contributed by atoms with Gasteiger partial charge in [-0.05, 0) is 20.8 Å². The van der Waals surface area contributed by atoms with Crippen LogP contribution in [0.3, 0.4) is 0 Å². The third-order valence-corrected chi connectivity index (χ3v) is 2.89. The van der Waals surface area contributed by atoms with Crippen molar-refractivity contribution in [3.8, 4) is 0 Å². The molecule has 0 atom stereocenters. The molecule has 0 aliphatic rings. The molecular formula is C11H10N2O6. The summed E-state index contributed by atoms with van der Waals surface area (Å²) in [6.07, 6.45) is -0.0158. The molecule has 0 saturated heterocycles. The van der Waals surface area contributed by atoms with Crippen LogP contribution in [0.5, 0.6) is 0 Å². The van der Waals surface area contributed by atoms with Gasteiger partial charge in [-0.25, -0.2) is 0 Å². The summed E-state index contributed by atoms with van der Waals surface area (Å²) in [4.78, 5) is 42.4. The number of hydrogen-bond donors (Lipinski definition) is 0. The largest absolute Gasteiger partial charge is 0.294 e. The molecule has 8 heteroatoms. The third-order valence-electron chi connectivity index (χ3n) is 2.89. The number of nitro groups is 2. The van der Waals surface area contributed by atoms with Gasteiger partial charge in [-0.15, -0.1) is 0 Å². The number of hydrogen-bond acceptors (Lipinski definition) is 6. The van der Waals surface area contributed by atoms with Gasteiger partial charge < -0.3 is 0 Å². The molecule has 0 fully saturated rings. The number of aldehydes is 1. The van der Waals surface area contributed by atoms with Crippen LogP contribution in [0.4, 0.5) is 11.4 Å². The fourth-order valence-corrected chi connectivity index (χ4v) is 2.17. The Morgan fingerprint density at radius 3 is 1.58 bits per heavy atom. The lowest BCUT2D eigenvalue weighted by molar-refractivity contribution is -0.396. The van der Waals surface area contributed by atoms with Gasteiger partial charge >= 0.3 is 0 Å². The van der Waals surface area contributed by atoms with Gasteiger partial charge in [-0.1, -0.05) is 0 Å². The molecule has 1 rings (SSSR count). The third kappa shape index (κ3) is 2.19. The number of carbonyl (C=O) groups is 2. The monoisotopic (exact) mass is 266 g/mol. The summed E-state index contributed by atoms with van der Waals surface area (Å²) in [6, 6.07) is 0. The van der Waals surface area contributed by atoms with Crippen molar-refractivity contribution in [3.05, 3.63) is 42.5 Å². The summed E-state index contributed by atoms with van der Waals surface area (Å²) in [7, 11) is 0. The van der Waals surface area contributed by atoms with Crippen molar-refractivity contribution >= 4 is 23.4 Å². The first-order valence-electron chi connectivity index (χ1n) is 5.16. The maximum Gasteiger partial charge on any atom is 0.282 e. The second kappa shape index (κ2) is 4.92. The van der Waals surface area contributed by atoms with Crippen molar-refractivity contribution in [2.45, 2.75) is 20.8 Å². The van der Waals surface area contributed by atoms with Gasteiger partial charge in [0.25, 0.3) is 11.4 Å². The first-order chi connectivity index (χ1) is 8.73. The Hall–Kier alpha value is -2.64. The molecule has 1 aromatic carbocycles. The number of Topliss-reactive ketones (excluding diaryl/α,β-unsaturated/α-hetero) is 1. The highest BCUT2D eigenvalue weighted by Gasteiger charge is 2.32. The van der Waals surface area contributed by atoms with E-state index in [-0.39, 0.29) is 28.5 Å². The van der Waals surface area contributed by atoms with E-state index in [1.165, 1.54) is 20.8 Å². The molecule has 0 aromatic heterocycles. The van der Waals surface area contributed by atoms with Crippen molar-refractivity contribution in [2.24, 2.45) is 0 Å². The molecule has 0 aliphatic carbocycles. The van der Waals surface area contributed by atoms with Crippen LogP contribution in [-0.4, -0.2) is 21.9 Å². The van der Waals surface area contributed by atoms with E-state index in [9.17, 15) is 29.8 Å². The zero-order valence-corrected chi connectivity index (χ0v) is 10.4. The molecule has 0 aliphatic heterocycles. The van der Waals surface area contributed by atoms with Crippen LogP contribution in [0.25, 0.3) is 0 Å². The lowest BCUT2D eigenvalue weighted by Gasteiger charge is -2.10. The smallest absolute Gasteiger partial charge is 0.282 e. The van der Waals surface area contributed by atoms with E-state index in [1.807, 2.05) is 0 Å². The van der Waals surface area contributed by atoms with E-state index < -0.39 is 27.0 Å². The van der Waals surface area contributed by atoms with Gasteiger partial charge in [0.2, 0.25) is 5.78 Å². The second-order valence-corrected chi connectivity index (χ2v) is 3.94. The first-order valence-corrected chi connectivity index (χ1v) is 5.16. The van der Waals surface area contributed by atoms with E-state index in [4.69, 9.17) is 0 Å². The van der Waals surface area contributed by atoms with Gasteiger partial charge in [0.1, 0.15) is 5.56 Å². The molecule has 0 saturated carbocycles. The molecule has 0 amide bonds. The summed E-state index contributed by atoms with van der Waals surface area (Å²) in [5.74, 6) is -1.01. The number of nitrogens with zero attached hydrogens (tertiary/aromatic N) is 2. The quantitative estimate of drug-likeness (QED) is 0.269. The van der Waals surface area contributed by atoms with Crippen molar-refractivity contribution < 1.29 is 19.4 Å². The van der Waals surface area contributed by atoms with Crippen molar-refractivity contribution in [3.63, 3.8) is 0 Å². The molecule has 0 N–H and O–H groups in total. The van der Waals surface area contributed by atoms with Gasteiger partial charge in [0.05, 0.1) is 9.85 Å². The highest BCUT2D eigenvalue weighted by molar-refractivity contribution is 6.34. The van der Waals surface area contributed by atoms with E-state index in [1.54, 1.807) is 0 Å². The minimum Gasteiger partial charge on any atom is -0.294 e. The highest BCUT2D eigenvalue weighted by atomic mass is 16.6. The molecular weight excluding hydrogens is 256 g/mol. The molecule has 0 spiro atoms. The maximum atomic E-state index is 11.5. The Bertz CT molecular complexity index is 579. The zero-order valence-electron chi connectivity index (χ0n) is 10.4. The van der Waals surface area contributed by atoms with Crippen molar-refractivity contribution in [1.29, 1.82) is 0 Å². The van der Waals surface area contributed by atoms with E-state index in [0.717, 1.165) is 0 Å². The van der Waals surface area contributed by atoms with Gasteiger partial charge in [-0.3, -0.25) is 29.8 Å². The molecule has 19 heavy (non-hydrogen) atoms. The predicted molar refractivity (Wildman–Crippen MR) is 64.4 cm³/mol. The summed E-state index contributed by atoms with van der Waals surface area (Å²) in [5, 5.41) is 22.0. The van der Waals surface area contributed by atoms with Crippen LogP contribution in [0.2, 0.25) is 0 Å². The Morgan fingerprint density at radius 1 is 0.947 bits per heavy atom. The van der Waals surface area contributed by atoms with Gasteiger partial charge in [0, 0.05) is 16.7 Å². The maximum absolute atomic E-state index is 11.5. The highest BCUT2D eigenvalue weighted by Crippen LogP contribution is 2.37. The van der Waals surface area contributed by atoms with Crippen LogP contribution in [0, 0.1) is 41.0 Å².